The monoisotopic (exact) mass is 206 g/mol. The van der Waals surface area contributed by atoms with E-state index in [1.165, 1.54) is 6.04 Å². The van der Waals surface area contributed by atoms with Gasteiger partial charge >= 0.3 is 0 Å². The molecule has 0 bridgehead atoms. The largest absolute Gasteiger partial charge is 0.360 e. The van der Waals surface area contributed by atoms with E-state index in [1.807, 2.05) is 6.92 Å². The second-order valence-electron chi connectivity index (χ2n) is 3.14. The van der Waals surface area contributed by atoms with Crippen LogP contribution in [0.4, 0.5) is 0 Å². The first-order valence-corrected chi connectivity index (χ1v) is 6.57. The second-order valence-corrected chi connectivity index (χ2v) is 5.09. The zero-order chi connectivity index (χ0) is 10.1. The van der Waals surface area contributed by atoms with Gasteiger partial charge in [0.15, 0.2) is 0 Å². The molecule has 0 aromatic heterocycles. The smallest absolute Gasteiger partial charge is 0.134 e. The maximum Gasteiger partial charge on any atom is 0.134 e. The Kier molecular flexibility index (Phi) is 8.68. The zero-order valence-corrected chi connectivity index (χ0v) is 10.3. The third-order valence-electron chi connectivity index (χ3n) is 1.86. The molecule has 0 aliphatic rings. The Bertz CT molecular complexity index is 110. The van der Waals surface area contributed by atoms with Crippen LogP contribution in [0.2, 0.25) is 6.04 Å². The molecule has 0 spiro atoms. The molecular formula is C8H22N2O2Si. The Morgan fingerprint density at radius 1 is 1.38 bits per heavy atom. The van der Waals surface area contributed by atoms with Gasteiger partial charge in [0, 0.05) is 14.2 Å². The maximum absolute atomic E-state index is 5.54. The van der Waals surface area contributed by atoms with Crippen LogP contribution in [0.25, 0.3) is 0 Å². The Morgan fingerprint density at radius 3 is 2.46 bits per heavy atom. The van der Waals surface area contributed by atoms with Gasteiger partial charge in [-0.05, 0) is 19.9 Å². The third kappa shape index (κ3) is 8.39. The molecular weight excluding hydrogens is 184 g/mol. The van der Waals surface area contributed by atoms with Crippen LogP contribution in [0, 0.1) is 0 Å². The van der Waals surface area contributed by atoms with E-state index in [-0.39, 0.29) is 21.6 Å². The first kappa shape index (κ1) is 13.1. The highest BCUT2D eigenvalue weighted by Gasteiger charge is 2.04. The third-order valence-corrected chi connectivity index (χ3v) is 3.91. The number of hydrogen-bond acceptors (Lipinski definition) is 4. The van der Waals surface area contributed by atoms with Crippen LogP contribution < -0.4 is 11.1 Å². The Hall–Kier alpha value is 0.0569. The zero-order valence-electron chi connectivity index (χ0n) is 8.88. The van der Waals surface area contributed by atoms with Gasteiger partial charge in [-0.2, -0.15) is 0 Å². The van der Waals surface area contributed by atoms with E-state index in [0.29, 0.717) is 0 Å². The molecule has 13 heavy (non-hydrogen) atoms. The van der Waals surface area contributed by atoms with Gasteiger partial charge in [-0.3, -0.25) is 0 Å². The molecule has 0 amide bonds. The SMILES string of the molecule is COC(OC)[SiH2]CCCNC(C)N. The van der Waals surface area contributed by atoms with Gasteiger partial charge in [-0.1, -0.05) is 6.04 Å². The highest BCUT2D eigenvalue weighted by molar-refractivity contribution is 6.36. The first-order valence-electron chi connectivity index (χ1n) is 4.75. The molecule has 0 aliphatic carbocycles. The fraction of sp³-hybridized carbons (Fsp3) is 1.00. The predicted octanol–water partition coefficient (Wildman–Crippen LogP) is -0.566. The lowest BCUT2D eigenvalue weighted by Gasteiger charge is -2.12. The summed E-state index contributed by atoms with van der Waals surface area (Å²) in [5.41, 5.74) is 5.54. The van der Waals surface area contributed by atoms with Crippen LogP contribution in [-0.2, 0) is 9.47 Å². The van der Waals surface area contributed by atoms with Crippen molar-refractivity contribution in [1.82, 2.24) is 5.32 Å². The molecule has 0 saturated heterocycles. The van der Waals surface area contributed by atoms with Crippen molar-refractivity contribution < 1.29 is 9.47 Å². The molecule has 0 heterocycles. The highest BCUT2D eigenvalue weighted by atomic mass is 28.2. The minimum atomic E-state index is -0.245. The number of rotatable bonds is 8. The summed E-state index contributed by atoms with van der Waals surface area (Å²) in [6.45, 7) is 2.94. The van der Waals surface area contributed by atoms with Crippen LogP contribution in [0.1, 0.15) is 13.3 Å². The van der Waals surface area contributed by atoms with Gasteiger partial charge in [-0.25, -0.2) is 0 Å². The van der Waals surface area contributed by atoms with E-state index >= 15 is 0 Å². The van der Waals surface area contributed by atoms with Crippen molar-refractivity contribution in [1.29, 1.82) is 0 Å². The molecule has 3 N–H and O–H groups in total. The summed E-state index contributed by atoms with van der Waals surface area (Å²) >= 11 is 0. The Morgan fingerprint density at radius 2 is 2.00 bits per heavy atom. The van der Waals surface area contributed by atoms with E-state index in [4.69, 9.17) is 15.2 Å². The average Bonchev–Trinajstić information content (AvgIpc) is 2.11. The van der Waals surface area contributed by atoms with Gasteiger partial charge in [-0.15, -0.1) is 0 Å². The summed E-state index contributed by atoms with van der Waals surface area (Å²) in [5, 5.41) is 3.17. The highest BCUT2D eigenvalue weighted by Crippen LogP contribution is 1.95. The van der Waals surface area contributed by atoms with Crippen molar-refractivity contribution in [2.24, 2.45) is 5.73 Å². The van der Waals surface area contributed by atoms with Crippen LogP contribution in [0.15, 0.2) is 0 Å². The molecule has 1 atom stereocenters. The number of methoxy groups -OCH3 is 2. The molecule has 0 radical (unpaired) electrons. The summed E-state index contributed by atoms with van der Waals surface area (Å²) in [5.74, 6) is 0.0790. The Labute approximate surface area is 83.0 Å². The van der Waals surface area contributed by atoms with Crippen molar-refractivity contribution >= 4 is 9.52 Å². The first-order chi connectivity index (χ1) is 6.20. The fourth-order valence-electron chi connectivity index (χ4n) is 1.10. The summed E-state index contributed by atoms with van der Waals surface area (Å²) in [7, 11) is 3.15. The van der Waals surface area contributed by atoms with E-state index in [0.717, 1.165) is 13.0 Å². The molecule has 1 unspecified atom stereocenters. The van der Waals surface area contributed by atoms with Crippen molar-refractivity contribution in [3.63, 3.8) is 0 Å². The summed E-state index contributed by atoms with van der Waals surface area (Å²) in [6, 6.07) is 1.23. The fourth-order valence-corrected chi connectivity index (χ4v) is 2.44. The molecule has 0 aromatic carbocycles. The second kappa shape index (κ2) is 8.65. The maximum atomic E-state index is 5.54. The van der Waals surface area contributed by atoms with Gasteiger partial charge in [0.05, 0.1) is 15.7 Å². The molecule has 0 saturated carbocycles. The number of nitrogens with two attached hydrogens (primary N) is 1. The number of nitrogens with one attached hydrogen (secondary N) is 1. The molecule has 5 heteroatoms. The minimum Gasteiger partial charge on any atom is -0.360 e. The summed E-state index contributed by atoms with van der Waals surface area (Å²) in [6.07, 6.45) is 1.26. The van der Waals surface area contributed by atoms with Crippen molar-refractivity contribution in [3.8, 4) is 0 Å². The van der Waals surface area contributed by atoms with E-state index in [1.54, 1.807) is 14.2 Å². The quantitative estimate of drug-likeness (QED) is 0.317. The normalized spacial score (nSPS) is 14.5. The van der Waals surface area contributed by atoms with Gasteiger partial charge in [0.1, 0.15) is 5.91 Å². The Balaban J connectivity index is 3.14. The number of hydrogen-bond donors (Lipinski definition) is 2. The minimum absolute atomic E-state index is 0.0790. The van der Waals surface area contributed by atoms with E-state index in [9.17, 15) is 0 Å². The van der Waals surface area contributed by atoms with Crippen molar-refractivity contribution in [2.45, 2.75) is 31.5 Å². The molecule has 0 aliphatic heterocycles. The van der Waals surface area contributed by atoms with Crippen LogP contribution in [0.5, 0.6) is 0 Å². The summed E-state index contributed by atoms with van der Waals surface area (Å²) in [4.78, 5) is 0. The molecule has 80 valence electrons. The van der Waals surface area contributed by atoms with Gasteiger partial charge in [0.2, 0.25) is 0 Å². The lowest BCUT2D eigenvalue weighted by atomic mass is 10.4. The topological polar surface area (TPSA) is 56.5 Å². The van der Waals surface area contributed by atoms with Crippen LogP contribution >= 0.6 is 0 Å². The van der Waals surface area contributed by atoms with Crippen LogP contribution in [0.3, 0.4) is 0 Å². The molecule has 4 nitrogen and oxygen atoms in total. The predicted molar refractivity (Wildman–Crippen MR) is 57.4 cm³/mol. The van der Waals surface area contributed by atoms with Crippen LogP contribution in [-0.4, -0.2) is 42.4 Å². The summed E-state index contributed by atoms with van der Waals surface area (Å²) < 4.78 is 10.2. The lowest BCUT2D eigenvalue weighted by Crippen LogP contribution is -2.35. The molecule has 0 aromatic rings. The van der Waals surface area contributed by atoms with Gasteiger partial charge in [0.25, 0.3) is 0 Å². The van der Waals surface area contributed by atoms with Gasteiger partial charge < -0.3 is 20.5 Å². The van der Waals surface area contributed by atoms with E-state index < -0.39 is 0 Å². The van der Waals surface area contributed by atoms with E-state index in [2.05, 4.69) is 5.32 Å². The molecule has 0 fully saturated rings. The number of ether oxygens (including phenoxy) is 2. The average molecular weight is 206 g/mol. The lowest BCUT2D eigenvalue weighted by molar-refractivity contribution is -0.0441. The van der Waals surface area contributed by atoms with Crippen molar-refractivity contribution in [2.75, 3.05) is 20.8 Å². The molecule has 0 rings (SSSR count). The standard InChI is InChI=1S/C8H22N2O2Si/c1-7(9)10-5-4-6-13-8(11-2)12-3/h7-8,10H,4-6,9,13H2,1-3H3. The van der Waals surface area contributed by atoms with Crippen molar-refractivity contribution in [3.05, 3.63) is 0 Å².